The minimum absolute atomic E-state index is 0.0236. The molecule has 6 heteroatoms. The summed E-state index contributed by atoms with van der Waals surface area (Å²) >= 11 is 0. The summed E-state index contributed by atoms with van der Waals surface area (Å²) in [6.45, 7) is 1.87. The normalized spacial score (nSPS) is 12.2. The first-order valence-electron chi connectivity index (χ1n) is 4.53. The number of primary amides is 1. The second-order valence-electron chi connectivity index (χ2n) is 3.28. The van der Waals surface area contributed by atoms with Gasteiger partial charge in [-0.15, -0.1) is 10.2 Å². The molecule has 1 amide bonds. The number of carbonyl (C=O) groups is 1. The van der Waals surface area contributed by atoms with Crippen LogP contribution in [-0.4, -0.2) is 40.9 Å². The Morgan fingerprint density at radius 3 is 2.67 bits per heavy atom. The predicted molar refractivity (Wildman–Crippen MR) is 55.5 cm³/mol. The summed E-state index contributed by atoms with van der Waals surface area (Å²) in [5, 5.41) is 16.4. The highest BCUT2D eigenvalue weighted by Gasteiger charge is 2.11. The van der Waals surface area contributed by atoms with E-state index in [0.717, 1.165) is 0 Å². The van der Waals surface area contributed by atoms with Crippen LogP contribution in [0.15, 0.2) is 12.1 Å². The van der Waals surface area contributed by atoms with E-state index in [4.69, 9.17) is 10.8 Å². The van der Waals surface area contributed by atoms with Gasteiger partial charge < -0.3 is 15.7 Å². The lowest BCUT2D eigenvalue weighted by atomic mass is 10.3. The van der Waals surface area contributed by atoms with E-state index in [-0.39, 0.29) is 18.3 Å². The molecule has 1 unspecified atom stereocenters. The van der Waals surface area contributed by atoms with E-state index in [0.29, 0.717) is 5.82 Å². The molecular formula is C9H14N4O2. The maximum absolute atomic E-state index is 10.7. The van der Waals surface area contributed by atoms with Crippen molar-refractivity contribution in [1.82, 2.24) is 10.2 Å². The molecule has 0 spiro atoms. The van der Waals surface area contributed by atoms with Gasteiger partial charge in [-0.1, -0.05) is 0 Å². The fourth-order valence-corrected chi connectivity index (χ4v) is 0.993. The third-order valence-electron chi connectivity index (χ3n) is 2.19. The molecule has 1 heterocycles. The number of anilines is 1. The topological polar surface area (TPSA) is 92.3 Å². The van der Waals surface area contributed by atoms with Gasteiger partial charge in [-0.3, -0.25) is 4.79 Å². The minimum Gasteiger partial charge on any atom is -0.394 e. The number of amides is 1. The fraction of sp³-hybridized carbons (Fsp3) is 0.444. The first kappa shape index (κ1) is 11.4. The predicted octanol–water partition coefficient (Wildman–Crippen LogP) is -0.607. The maximum Gasteiger partial charge on any atom is 0.269 e. The Hall–Kier alpha value is -1.69. The van der Waals surface area contributed by atoms with Crippen molar-refractivity contribution in [2.75, 3.05) is 18.6 Å². The highest BCUT2D eigenvalue weighted by molar-refractivity contribution is 5.90. The summed E-state index contributed by atoms with van der Waals surface area (Å²) in [7, 11) is 1.79. The van der Waals surface area contributed by atoms with Crippen LogP contribution in [0.1, 0.15) is 17.4 Å². The van der Waals surface area contributed by atoms with Crippen LogP contribution in [0.2, 0.25) is 0 Å². The summed E-state index contributed by atoms with van der Waals surface area (Å²) in [4.78, 5) is 12.5. The van der Waals surface area contributed by atoms with Crippen molar-refractivity contribution < 1.29 is 9.90 Å². The average molecular weight is 210 g/mol. The minimum atomic E-state index is -0.605. The van der Waals surface area contributed by atoms with Gasteiger partial charge in [0.05, 0.1) is 12.6 Å². The third kappa shape index (κ3) is 2.63. The number of hydrogen-bond acceptors (Lipinski definition) is 5. The second-order valence-corrected chi connectivity index (χ2v) is 3.28. The molecule has 3 N–H and O–H groups in total. The van der Waals surface area contributed by atoms with Crippen LogP contribution in [0.5, 0.6) is 0 Å². The van der Waals surface area contributed by atoms with Gasteiger partial charge >= 0.3 is 0 Å². The van der Waals surface area contributed by atoms with E-state index in [1.807, 2.05) is 6.92 Å². The van der Waals surface area contributed by atoms with Crippen LogP contribution in [-0.2, 0) is 0 Å². The van der Waals surface area contributed by atoms with Crippen LogP contribution >= 0.6 is 0 Å². The molecule has 82 valence electrons. The molecule has 0 bridgehead atoms. The fourth-order valence-electron chi connectivity index (χ4n) is 0.993. The number of aromatic nitrogens is 2. The Balaban J connectivity index is 2.84. The molecule has 6 nitrogen and oxygen atoms in total. The molecule has 0 aromatic carbocycles. The lowest BCUT2D eigenvalue weighted by Crippen LogP contribution is -2.32. The van der Waals surface area contributed by atoms with E-state index in [2.05, 4.69) is 10.2 Å². The first-order chi connectivity index (χ1) is 7.06. The van der Waals surface area contributed by atoms with E-state index in [1.54, 1.807) is 18.0 Å². The lowest BCUT2D eigenvalue weighted by Gasteiger charge is -2.23. The molecule has 0 fully saturated rings. The molecule has 1 aromatic heterocycles. The zero-order valence-corrected chi connectivity index (χ0v) is 8.71. The van der Waals surface area contributed by atoms with Crippen molar-refractivity contribution >= 4 is 11.7 Å². The Bertz CT molecular complexity index is 338. The van der Waals surface area contributed by atoms with Crippen LogP contribution in [0.4, 0.5) is 5.82 Å². The quantitative estimate of drug-likeness (QED) is 0.691. The monoisotopic (exact) mass is 210 g/mol. The van der Waals surface area contributed by atoms with Crippen LogP contribution in [0, 0.1) is 0 Å². The van der Waals surface area contributed by atoms with E-state index >= 15 is 0 Å². The molecule has 0 aliphatic rings. The molecule has 1 rings (SSSR count). The van der Waals surface area contributed by atoms with Crippen molar-refractivity contribution in [3.8, 4) is 0 Å². The first-order valence-corrected chi connectivity index (χ1v) is 4.53. The van der Waals surface area contributed by atoms with Crippen molar-refractivity contribution in [3.63, 3.8) is 0 Å². The summed E-state index contributed by atoms with van der Waals surface area (Å²) < 4.78 is 0. The Morgan fingerprint density at radius 2 is 2.27 bits per heavy atom. The number of nitrogens with two attached hydrogens (primary N) is 1. The van der Waals surface area contributed by atoms with Crippen molar-refractivity contribution in [1.29, 1.82) is 0 Å². The molecule has 1 aromatic rings. The summed E-state index contributed by atoms with van der Waals surface area (Å²) in [5.41, 5.74) is 5.16. The average Bonchev–Trinajstić information content (AvgIpc) is 2.27. The van der Waals surface area contributed by atoms with Crippen molar-refractivity contribution in [2.24, 2.45) is 5.73 Å². The number of aliphatic hydroxyl groups is 1. The highest BCUT2D eigenvalue weighted by Crippen LogP contribution is 2.10. The molecule has 15 heavy (non-hydrogen) atoms. The maximum atomic E-state index is 10.7. The number of likely N-dealkylation sites (N-methyl/N-ethyl adjacent to an activating group) is 1. The number of aliphatic hydroxyl groups excluding tert-OH is 1. The summed E-state index contributed by atoms with van der Waals surface area (Å²) in [6, 6.07) is 3.09. The smallest absolute Gasteiger partial charge is 0.269 e. The van der Waals surface area contributed by atoms with Crippen LogP contribution in [0.3, 0.4) is 0 Å². The van der Waals surface area contributed by atoms with Gasteiger partial charge in [-0.05, 0) is 19.1 Å². The number of nitrogens with zero attached hydrogens (tertiary/aromatic N) is 3. The van der Waals surface area contributed by atoms with E-state index in [9.17, 15) is 4.79 Å². The highest BCUT2D eigenvalue weighted by atomic mass is 16.3. The Labute approximate surface area is 87.7 Å². The van der Waals surface area contributed by atoms with Gasteiger partial charge in [-0.25, -0.2) is 0 Å². The van der Waals surface area contributed by atoms with Crippen molar-refractivity contribution in [3.05, 3.63) is 17.8 Å². The van der Waals surface area contributed by atoms with E-state index < -0.39 is 5.91 Å². The Kier molecular flexibility index (Phi) is 3.56. The van der Waals surface area contributed by atoms with Gasteiger partial charge in [-0.2, -0.15) is 0 Å². The van der Waals surface area contributed by atoms with Gasteiger partial charge in [0, 0.05) is 7.05 Å². The molecule has 0 aliphatic heterocycles. The summed E-state index contributed by atoms with van der Waals surface area (Å²) in [6.07, 6.45) is 0. The van der Waals surface area contributed by atoms with Crippen LogP contribution in [0.25, 0.3) is 0 Å². The molecular weight excluding hydrogens is 196 g/mol. The lowest BCUT2D eigenvalue weighted by molar-refractivity contribution is 0.0994. The van der Waals surface area contributed by atoms with Gasteiger partial charge in [0.1, 0.15) is 0 Å². The van der Waals surface area contributed by atoms with Crippen LogP contribution < -0.4 is 10.6 Å². The SMILES string of the molecule is CC(CO)N(C)c1ccc(C(N)=O)nn1. The molecule has 0 saturated carbocycles. The van der Waals surface area contributed by atoms with Gasteiger partial charge in [0.2, 0.25) is 0 Å². The molecule has 0 aliphatic carbocycles. The zero-order valence-electron chi connectivity index (χ0n) is 8.71. The summed E-state index contributed by atoms with van der Waals surface area (Å²) in [5.74, 6) is -0.0199. The Morgan fingerprint density at radius 1 is 1.60 bits per heavy atom. The number of hydrogen-bond donors (Lipinski definition) is 2. The molecule has 0 radical (unpaired) electrons. The zero-order chi connectivity index (χ0) is 11.4. The largest absolute Gasteiger partial charge is 0.394 e. The third-order valence-corrected chi connectivity index (χ3v) is 2.19. The number of rotatable bonds is 4. The van der Waals surface area contributed by atoms with Gasteiger partial charge in [0.25, 0.3) is 5.91 Å². The van der Waals surface area contributed by atoms with Crippen molar-refractivity contribution in [2.45, 2.75) is 13.0 Å². The van der Waals surface area contributed by atoms with E-state index in [1.165, 1.54) is 6.07 Å². The molecule has 0 saturated heterocycles. The van der Waals surface area contributed by atoms with Gasteiger partial charge in [0.15, 0.2) is 11.5 Å². The second kappa shape index (κ2) is 4.70. The molecule has 1 atom stereocenters. The number of carbonyl (C=O) groups excluding carboxylic acids is 1. The standard InChI is InChI=1S/C9H14N4O2/c1-6(5-14)13(2)8-4-3-7(9(10)15)11-12-8/h3-4,6,14H,5H2,1-2H3,(H2,10,15).